The number of aromatic nitrogens is 1. The Labute approximate surface area is 208 Å². The van der Waals surface area contributed by atoms with E-state index >= 15 is 0 Å². The molecule has 0 fully saturated rings. The Morgan fingerprint density at radius 2 is 1.71 bits per heavy atom. The summed E-state index contributed by atoms with van der Waals surface area (Å²) in [6.45, 7) is 1.81. The van der Waals surface area contributed by atoms with Gasteiger partial charge in [0.1, 0.15) is 11.8 Å². The lowest BCUT2D eigenvalue weighted by molar-refractivity contribution is -0.138. The van der Waals surface area contributed by atoms with Gasteiger partial charge < -0.3 is 9.52 Å². The van der Waals surface area contributed by atoms with E-state index in [0.29, 0.717) is 28.6 Å². The van der Waals surface area contributed by atoms with Gasteiger partial charge in [-0.15, -0.1) is 0 Å². The van der Waals surface area contributed by atoms with Gasteiger partial charge in [-0.1, -0.05) is 48.5 Å². The molecule has 4 aromatic rings. The van der Waals surface area contributed by atoms with Gasteiger partial charge in [0.25, 0.3) is 10.0 Å². The topological polar surface area (TPSA) is 101 Å². The van der Waals surface area contributed by atoms with Crippen LogP contribution < -0.4 is 4.31 Å². The summed E-state index contributed by atoms with van der Waals surface area (Å²) in [5.41, 5.74) is 3.30. The first kappa shape index (κ1) is 23.2. The number of carboxylic acids is 1. The Morgan fingerprint density at radius 1 is 1.06 bits per heavy atom. The molecule has 35 heavy (non-hydrogen) atoms. The van der Waals surface area contributed by atoms with E-state index in [1.54, 1.807) is 36.4 Å². The minimum atomic E-state index is -4.10. The molecule has 0 bridgehead atoms. The normalized spacial score (nSPS) is 16.2. The molecule has 7 nitrogen and oxygen atoms in total. The number of hydrogen-bond donors (Lipinski definition) is 2. The van der Waals surface area contributed by atoms with Crippen LogP contribution >= 0.6 is 12.6 Å². The lowest BCUT2D eigenvalue weighted by Crippen LogP contribution is -2.42. The highest BCUT2D eigenvalue weighted by Gasteiger charge is 2.42. The van der Waals surface area contributed by atoms with Gasteiger partial charge in [-0.3, -0.25) is 4.31 Å². The molecule has 0 saturated heterocycles. The molecule has 5 rings (SSSR count). The molecule has 3 aromatic carbocycles. The molecule has 1 N–H and O–H groups in total. The average molecular weight is 507 g/mol. The number of rotatable bonds is 6. The molecule has 1 aliphatic rings. The van der Waals surface area contributed by atoms with E-state index in [4.69, 9.17) is 17.0 Å². The Bertz CT molecular complexity index is 1500. The fourth-order valence-electron chi connectivity index (χ4n) is 4.30. The molecule has 0 saturated carbocycles. The van der Waals surface area contributed by atoms with Crippen molar-refractivity contribution in [2.75, 3.05) is 4.31 Å². The van der Waals surface area contributed by atoms with E-state index < -0.39 is 27.3 Å². The molecule has 2 heterocycles. The molecular formula is C26H22N2O5S2. The minimum Gasteiger partial charge on any atom is -0.480 e. The standard InChI is InChI=1S/C26H22N2O5S2/c1-16-23(27-25(33-16)18-7-3-2-4-8-18)24(34)17-11-13-20(14-12-17)35(31,32)28-21-10-6-5-9-19(21)15-22(28)26(29)30/h2-14,22,24,34H,15H2,1H3,(H,29,30)/t22-,24?/m1/s1. The van der Waals surface area contributed by atoms with Crippen LogP contribution in [0, 0.1) is 6.92 Å². The first-order valence-corrected chi connectivity index (χ1v) is 12.9. The highest BCUT2D eigenvalue weighted by Crippen LogP contribution is 2.38. The number of sulfonamides is 1. The largest absolute Gasteiger partial charge is 0.480 e. The van der Waals surface area contributed by atoms with Crippen molar-refractivity contribution >= 4 is 34.3 Å². The van der Waals surface area contributed by atoms with Gasteiger partial charge >= 0.3 is 5.97 Å². The molecule has 0 amide bonds. The number of carboxylic acid groups (broad SMARTS) is 1. The number of hydrogen-bond acceptors (Lipinski definition) is 6. The zero-order chi connectivity index (χ0) is 24.7. The van der Waals surface area contributed by atoms with Crippen LogP contribution in [-0.2, 0) is 21.2 Å². The number of aryl methyl sites for hydroxylation is 1. The summed E-state index contributed by atoms with van der Waals surface area (Å²) in [5.74, 6) is -0.0742. The van der Waals surface area contributed by atoms with Crippen LogP contribution in [-0.4, -0.2) is 30.5 Å². The number of nitrogens with zero attached hydrogens (tertiary/aromatic N) is 2. The molecule has 9 heteroatoms. The number of anilines is 1. The fourth-order valence-corrected chi connectivity index (χ4v) is 6.36. The average Bonchev–Trinajstić information content (AvgIpc) is 3.46. The van der Waals surface area contributed by atoms with Gasteiger partial charge in [0.05, 0.1) is 21.5 Å². The van der Waals surface area contributed by atoms with Crippen molar-refractivity contribution in [2.24, 2.45) is 0 Å². The van der Waals surface area contributed by atoms with Crippen LogP contribution in [0.1, 0.15) is 27.8 Å². The van der Waals surface area contributed by atoms with Gasteiger partial charge in [-0.2, -0.15) is 12.6 Å². The Balaban J connectivity index is 1.45. The number of carbonyl (C=O) groups is 1. The summed E-state index contributed by atoms with van der Waals surface area (Å²) in [7, 11) is -4.10. The highest BCUT2D eigenvalue weighted by molar-refractivity contribution is 7.93. The molecule has 0 radical (unpaired) electrons. The number of para-hydroxylation sites is 1. The monoisotopic (exact) mass is 506 g/mol. The SMILES string of the molecule is Cc1oc(-c2ccccc2)nc1C(S)c1ccc(S(=O)(=O)N2c3ccccc3C[C@@H]2C(=O)O)cc1. The Morgan fingerprint density at radius 3 is 2.40 bits per heavy atom. The predicted octanol–water partition coefficient (Wildman–Crippen LogP) is 4.87. The second-order valence-corrected chi connectivity index (χ2v) is 10.6. The van der Waals surface area contributed by atoms with Crippen LogP contribution in [0.5, 0.6) is 0 Å². The third-order valence-corrected chi connectivity index (χ3v) is 8.45. The van der Waals surface area contributed by atoms with Crippen LogP contribution in [0.15, 0.2) is 88.2 Å². The van der Waals surface area contributed by atoms with Crippen molar-refractivity contribution in [1.82, 2.24) is 4.98 Å². The molecular weight excluding hydrogens is 484 g/mol. The van der Waals surface area contributed by atoms with Crippen molar-refractivity contribution in [3.63, 3.8) is 0 Å². The number of fused-ring (bicyclic) bond motifs is 1. The summed E-state index contributed by atoms with van der Waals surface area (Å²) in [6.07, 6.45) is 0.122. The molecule has 2 atom stereocenters. The number of benzene rings is 3. The second kappa shape index (κ2) is 8.90. The number of thiol groups is 1. The van der Waals surface area contributed by atoms with E-state index in [1.165, 1.54) is 12.1 Å². The molecule has 1 aliphatic heterocycles. The summed E-state index contributed by atoms with van der Waals surface area (Å²) < 4.78 is 33.8. The van der Waals surface area contributed by atoms with Crippen molar-refractivity contribution in [1.29, 1.82) is 0 Å². The van der Waals surface area contributed by atoms with Gasteiger partial charge in [-0.25, -0.2) is 18.2 Å². The van der Waals surface area contributed by atoms with E-state index in [-0.39, 0.29) is 11.3 Å². The smallest absolute Gasteiger partial charge is 0.327 e. The third-order valence-electron chi connectivity index (χ3n) is 6.08. The zero-order valence-electron chi connectivity index (χ0n) is 18.7. The van der Waals surface area contributed by atoms with Crippen LogP contribution in [0.4, 0.5) is 5.69 Å². The summed E-state index contributed by atoms with van der Waals surface area (Å²) in [5, 5.41) is 9.25. The Hall–Kier alpha value is -3.56. The molecule has 0 spiro atoms. The van der Waals surface area contributed by atoms with E-state index in [2.05, 4.69) is 4.98 Å². The maximum absolute atomic E-state index is 13.5. The second-order valence-electron chi connectivity index (χ2n) is 8.29. The van der Waals surface area contributed by atoms with Gasteiger partial charge in [0, 0.05) is 12.0 Å². The van der Waals surface area contributed by atoms with Gasteiger partial charge in [0.15, 0.2) is 0 Å². The van der Waals surface area contributed by atoms with E-state index in [0.717, 1.165) is 15.4 Å². The first-order chi connectivity index (χ1) is 16.8. The quantitative estimate of drug-likeness (QED) is 0.362. The van der Waals surface area contributed by atoms with Crippen molar-refractivity contribution in [2.45, 2.75) is 29.5 Å². The number of oxazole rings is 1. The fraction of sp³-hybridized carbons (Fsp3) is 0.154. The van der Waals surface area contributed by atoms with Gasteiger partial charge in [0.2, 0.25) is 5.89 Å². The summed E-state index contributed by atoms with van der Waals surface area (Å²) >= 11 is 4.72. The lowest BCUT2D eigenvalue weighted by atomic mass is 10.1. The summed E-state index contributed by atoms with van der Waals surface area (Å²) in [6, 6.07) is 21.5. The predicted molar refractivity (Wildman–Crippen MR) is 135 cm³/mol. The van der Waals surface area contributed by atoms with Crippen LogP contribution in [0.2, 0.25) is 0 Å². The highest BCUT2D eigenvalue weighted by atomic mass is 32.2. The van der Waals surface area contributed by atoms with E-state index in [1.807, 2.05) is 37.3 Å². The van der Waals surface area contributed by atoms with Gasteiger partial charge in [-0.05, 0) is 48.4 Å². The lowest BCUT2D eigenvalue weighted by Gasteiger charge is -2.24. The van der Waals surface area contributed by atoms with Crippen molar-refractivity contribution in [3.05, 3.63) is 101 Å². The van der Waals surface area contributed by atoms with E-state index in [9.17, 15) is 18.3 Å². The minimum absolute atomic E-state index is 0.00610. The molecule has 178 valence electrons. The molecule has 1 aromatic heterocycles. The number of aliphatic carboxylic acids is 1. The third kappa shape index (κ3) is 4.11. The van der Waals surface area contributed by atoms with Crippen LogP contribution in [0.3, 0.4) is 0 Å². The maximum atomic E-state index is 13.5. The van der Waals surface area contributed by atoms with Crippen LogP contribution in [0.25, 0.3) is 11.5 Å². The molecule has 1 unspecified atom stereocenters. The first-order valence-electron chi connectivity index (χ1n) is 10.9. The Kier molecular flexibility index (Phi) is 5.90. The molecule has 0 aliphatic carbocycles. The summed E-state index contributed by atoms with van der Waals surface area (Å²) in [4.78, 5) is 16.5. The van der Waals surface area contributed by atoms with Crippen molar-refractivity contribution in [3.8, 4) is 11.5 Å². The zero-order valence-corrected chi connectivity index (χ0v) is 20.4. The van der Waals surface area contributed by atoms with Crippen molar-refractivity contribution < 1.29 is 22.7 Å². The maximum Gasteiger partial charge on any atom is 0.327 e.